The van der Waals surface area contributed by atoms with E-state index in [0.29, 0.717) is 18.8 Å². The molecule has 0 aliphatic carbocycles. The highest BCUT2D eigenvalue weighted by Gasteiger charge is 2.35. The van der Waals surface area contributed by atoms with Crippen molar-refractivity contribution in [2.24, 2.45) is 0 Å². The van der Waals surface area contributed by atoms with Crippen LogP contribution in [0.1, 0.15) is 49.3 Å². The predicted molar refractivity (Wildman–Crippen MR) is 82.7 cm³/mol. The molecule has 1 saturated heterocycles. The van der Waals surface area contributed by atoms with Crippen LogP contribution in [0.15, 0.2) is 11.0 Å². The summed E-state index contributed by atoms with van der Waals surface area (Å²) < 4.78 is 23.2. The first-order chi connectivity index (χ1) is 10.2. The number of carbonyl (C=O) groups is 1. The van der Waals surface area contributed by atoms with Crippen molar-refractivity contribution < 1.29 is 13.2 Å². The molecule has 1 fully saturated rings. The van der Waals surface area contributed by atoms with Gasteiger partial charge in [0.25, 0.3) is 11.5 Å². The van der Waals surface area contributed by atoms with Crippen LogP contribution in [0.25, 0.3) is 0 Å². The van der Waals surface area contributed by atoms with Crippen LogP contribution >= 0.6 is 0 Å². The van der Waals surface area contributed by atoms with E-state index in [2.05, 4.69) is 9.97 Å². The third kappa shape index (κ3) is 3.37. The van der Waals surface area contributed by atoms with E-state index in [1.165, 1.54) is 11.1 Å². The van der Waals surface area contributed by atoms with Crippen LogP contribution in [-0.2, 0) is 9.84 Å². The quantitative estimate of drug-likeness (QED) is 0.870. The molecule has 1 aromatic heterocycles. The Morgan fingerprint density at radius 3 is 2.64 bits per heavy atom. The summed E-state index contributed by atoms with van der Waals surface area (Å²) in [5.74, 6) is 0.158. The summed E-state index contributed by atoms with van der Waals surface area (Å²) in [5.41, 5.74) is -0.529. The smallest absolute Gasteiger partial charge is 0.263 e. The van der Waals surface area contributed by atoms with Crippen LogP contribution in [0, 0.1) is 0 Å². The molecule has 0 aromatic carbocycles. The number of sulfone groups is 1. The van der Waals surface area contributed by atoms with E-state index in [4.69, 9.17) is 0 Å². The van der Waals surface area contributed by atoms with Crippen molar-refractivity contribution in [2.45, 2.75) is 39.2 Å². The molecule has 2 rings (SSSR count). The van der Waals surface area contributed by atoms with E-state index in [9.17, 15) is 18.0 Å². The van der Waals surface area contributed by atoms with Crippen LogP contribution in [0.5, 0.6) is 0 Å². The fraction of sp³-hybridized carbons (Fsp3) is 0.643. The average Bonchev–Trinajstić information content (AvgIpc) is 2.79. The lowest BCUT2D eigenvalue weighted by Crippen LogP contribution is -2.43. The SMILES string of the molecule is CCN(C(=O)c1cnc(C(C)C)[nH]c1=O)[C@@H]1CCS(=O)(=O)C1. The zero-order valence-corrected chi connectivity index (χ0v) is 13.8. The number of hydrogen-bond donors (Lipinski definition) is 1. The Hall–Kier alpha value is -1.70. The molecule has 7 nitrogen and oxygen atoms in total. The number of aromatic amines is 1. The lowest BCUT2D eigenvalue weighted by molar-refractivity contribution is 0.0706. The second kappa shape index (κ2) is 6.20. The summed E-state index contributed by atoms with van der Waals surface area (Å²) in [6.45, 7) is 5.90. The van der Waals surface area contributed by atoms with Gasteiger partial charge in [-0.05, 0) is 13.3 Å². The van der Waals surface area contributed by atoms with E-state index in [-0.39, 0.29) is 29.0 Å². The molecule has 1 aromatic rings. The number of carbonyl (C=O) groups excluding carboxylic acids is 1. The molecule has 1 aliphatic heterocycles. The zero-order chi connectivity index (χ0) is 16.5. The number of H-pyrrole nitrogens is 1. The summed E-state index contributed by atoms with van der Waals surface area (Å²) in [6.07, 6.45) is 1.69. The van der Waals surface area contributed by atoms with Crippen LogP contribution in [0.2, 0.25) is 0 Å². The average molecular weight is 327 g/mol. The van der Waals surface area contributed by atoms with Crippen molar-refractivity contribution in [3.05, 3.63) is 27.9 Å². The minimum atomic E-state index is -3.09. The van der Waals surface area contributed by atoms with Gasteiger partial charge in [0, 0.05) is 24.7 Å². The Balaban J connectivity index is 2.28. The molecule has 0 saturated carbocycles. The standard InChI is InChI=1S/C14H21N3O4S/c1-4-17(10-5-6-22(20,21)8-10)14(19)11-7-15-12(9(2)3)16-13(11)18/h7,9-10H,4-6,8H2,1-3H3,(H,15,16,18)/t10-/m1/s1. The van der Waals surface area contributed by atoms with Gasteiger partial charge in [-0.3, -0.25) is 9.59 Å². The first-order valence-corrected chi connectivity index (χ1v) is 9.18. The van der Waals surface area contributed by atoms with Gasteiger partial charge < -0.3 is 9.88 Å². The molecule has 2 heterocycles. The molecule has 22 heavy (non-hydrogen) atoms. The lowest BCUT2D eigenvalue weighted by Gasteiger charge is -2.26. The molecule has 1 N–H and O–H groups in total. The molecule has 1 amide bonds. The number of nitrogens with one attached hydrogen (secondary N) is 1. The Labute approximate surface area is 129 Å². The van der Waals surface area contributed by atoms with Gasteiger partial charge in [-0.25, -0.2) is 13.4 Å². The Morgan fingerprint density at radius 1 is 1.50 bits per heavy atom. The van der Waals surface area contributed by atoms with Crippen molar-refractivity contribution in [1.29, 1.82) is 0 Å². The molecule has 0 bridgehead atoms. The van der Waals surface area contributed by atoms with Crippen molar-refractivity contribution in [3.8, 4) is 0 Å². The number of rotatable bonds is 4. The summed E-state index contributed by atoms with van der Waals surface area (Å²) in [5, 5.41) is 0. The van der Waals surface area contributed by atoms with Crippen LogP contribution in [-0.4, -0.2) is 53.3 Å². The van der Waals surface area contributed by atoms with Gasteiger partial charge in [-0.15, -0.1) is 0 Å². The highest BCUT2D eigenvalue weighted by atomic mass is 32.2. The Kier molecular flexibility index (Phi) is 4.69. The van der Waals surface area contributed by atoms with E-state index in [0.717, 1.165) is 0 Å². The van der Waals surface area contributed by atoms with Crippen molar-refractivity contribution >= 4 is 15.7 Å². The highest BCUT2D eigenvalue weighted by Crippen LogP contribution is 2.19. The van der Waals surface area contributed by atoms with Crippen LogP contribution in [0.4, 0.5) is 0 Å². The maximum absolute atomic E-state index is 12.5. The second-order valence-electron chi connectivity index (χ2n) is 5.81. The number of amides is 1. The maximum Gasteiger partial charge on any atom is 0.263 e. The van der Waals surface area contributed by atoms with E-state index in [1.54, 1.807) is 6.92 Å². The molecule has 1 atom stereocenters. The molecule has 1 aliphatic rings. The third-order valence-corrected chi connectivity index (χ3v) is 5.60. The summed E-state index contributed by atoms with van der Waals surface area (Å²) in [4.78, 5) is 32.8. The molecular weight excluding hydrogens is 306 g/mol. The highest BCUT2D eigenvalue weighted by molar-refractivity contribution is 7.91. The van der Waals surface area contributed by atoms with E-state index in [1.807, 2.05) is 13.8 Å². The van der Waals surface area contributed by atoms with Gasteiger partial charge in [0.2, 0.25) is 0 Å². The predicted octanol–water partition coefficient (Wildman–Crippen LogP) is 0.542. The monoisotopic (exact) mass is 327 g/mol. The molecule has 8 heteroatoms. The second-order valence-corrected chi connectivity index (χ2v) is 8.04. The van der Waals surface area contributed by atoms with Crippen molar-refractivity contribution in [3.63, 3.8) is 0 Å². The number of nitrogens with zero attached hydrogens (tertiary/aromatic N) is 2. The maximum atomic E-state index is 12.5. The normalized spacial score (nSPS) is 20.3. The first-order valence-electron chi connectivity index (χ1n) is 7.35. The first kappa shape index (κ1) is 16.7. The molecule has 122 valence electrons. The summed E-state index contributed by atoms with van der Waals surface area (Å²) in [6, 6.07) is -0.369. The van der Waals surface area contributed by atoms with Gasteiger partial charge in [-0.1, -0.05) is 13.8 Å². The van der Waals surface area contributed by atoms with E-state index < -0.39 is 21.3 Å². The van der Waals surface area contributed by atoms with E-state index >= 15 is 0 Å². The summed E-state index contributed by atoms with van der Waals surface area (Å²) in [7, 11) is -3.09. The largest absolute Gasteiger partial charge is 0.335 e. The Morgan fingerprint density at radius 2 is 2.18 bits per heavy atom. The van der Waals surface area contributed by atoms with Gasteiger partial charge in [0.15, 0.2) is 9.84 Å². The summed E-state index contributed by atoms with van der Waals surface area (Å²) >= 11 is 0. The van der Waals surface area contributed by atoms with Crippen molar-refractivity contribution in [2.75, 3.05) is 18.1 Å². The molecule has 0 spiro atoms. The zero-order valence-electron chi connectivity index (χ0n) is 13.0. The van der Waals surface area contributed by atoms with Crippen molar-refractivity contribution in [1.82, 2.24) is 14.9 Å². The van der Waals surface area contributed by atoms with Gasteiger partial charge in [0.05, 0.1) is 11.5 Å². The number of hydrogen-bond acceptors (Lipinski definition) is 5. The molecular formula is C14H21N3O4S. The Bertz CT molecular complexity index is 724. The minimum absolute atomic E-state index is 0.0397. The fourth-order valence-corrected chi connectivity index (χ4v) is 4.33. The fourth-order valence-electron chi connectivity index (χ4n) is 2.60. The topological polar surface area (TPSA) is 100 Å². The lowest BCUT2D eigenvalue weighted by atomic mass is 10.1. The third-order valence-electron chi connectivity index (χ3n) is 3.85. The minimum Gasteiger partial charge on any atom is -0.335 e. The molecule has 0 unspecified atom stereocenters. The number of aromatic nitrogens is 2. The molecule has 0 radical (unpaired) electrons. The van der Waals surface area contributed by atoms with Crippen LogP contribution < -0.4 is 5.56 Å². The van der Waals surface area contributed by atoms with Gasteiger partial charge in [0.1, 0.15) is 11.4 Å². The van der Waals surface area contributed by atoms with Gasteiger partial charge in [-0.2, -0.15) is 0 Å². The van der Waals surface area contributed by atoms with Crippen LogP contribution in [0.3, 0.4) is 0 Å². The van der Waals surface area contributed by atoms with Gasteiger partial charge >= 0.3 is 0 Å².